The summed E-state index contributed by atoms with van der Waals surface area (Å²) >= 11 is 0. The molecule has 1 atom stereocenters. The molecule has 0 saturated heterocycles. The lowest BCUT2D eigenvalue weighted by Crippen LogP contribution is -2.33. The number of allylic oxidation sites excluding steroid dienone is 4. The zero-order valence-electron chi connectivity index (χ0n) is 14.2. The van der Waals surface area contributed by atoms with Crippen LogP contribution in [0.15, 0.2) is 85.5 Å². The van der Waals surface area contributed by atoms with E-state index in [2.05, 4.69) is 38.4 Å². The van der Waals surface area contributed by atoms with Crippen LogP contribution in [0.25, 0.3) is 0 Å². The number of nitrogens with zero attached hydrogens (tertiary/aromatic N) is 5. The molecule has 0 spiro atoms. The Kier molecular flexibility index (Phi) is 4.84. The molecule has 0 aliphatic carbocycles. The van der Waals surface area contributed by atoms with Crippen molar-refractivity contribution in [1.29, 1.82) is 0 Å². The van der Waals surface area contributed by atoms with Crippen LogP contribution in [0, 0.1) is 0 Å². The highest BCUT2D eigenvalue weighted by atomic mass is 16.5. The van der Waals surface area contributed by atoms with E-state index in [1.165, 1.54) is 0 Å². The highest BCUT2D eigenvalue weighted by molar-refractivity contribution is 5.59. The number of rotatable bonds is 5. The maximum absolute atomic E-state index is 6.03. The van der Waals surface area contributed by atoms with E-state index < -0.39 is 0 Å². The molecular weight excluding hydrogens is 326 g/mol. The summed E-state index contributed by atoms with van der Waals surface area (Å²) < 4.78 is 6.03. The third kappa shape index (κ3) is 3.70. The van der Waals surface area contributed by atoms with Gasteiger partial charge in [-0.05, 0) is 36.4 Å². The monoisotopic (exact) mass is 345 g/mol. The fourth-order valence-electron chi connectivity index (χ4n) is 2.79. The first-order valence-corrected chi connectivity index (χ1v) is 8.48. The lowest BCUT2D eigenvalue weighted by Gasteiger charge is -2.30. The second kappa shape index (κ2) is 7.76. The SMILES string of the molecule is C1=CCN(c2ccnc(N3C=CC=CC3OCc3cccnn3)c2)C=C1. The summed E-state index contributed by atoms with van der Waals surface area (Å²) in [5.41, 5.74) is 1.88. The van der Waals surface area contributed by atoms with Crippen LogP contribution >= 0.6 is 0 Å². The highest BCUT2D eigenvalue weighted by Crippen LogP contribution is 2.25. The second-order valence-electron chi connectivity index (χ2n) is 5.84. The Morgan fingerprint density at radius 2 is 2.04 bits per heavy atom. The molecule has 2 aromatic heterocycles. The molecule has 0 fully saturated rings. The van der Waals surface area contributed by atoms with Crippen molar-refractivity contribution in [1.82, 2.24) is 15.2 Å². The molecule has 0 aromatic carbocycles. The van der Waals surface area contributed by atoms with Gasteiger partial charge >= 0.3 is 0 Å². The van der Waals surface area contributed by atoms with Gasteiger partial charge in [-0.2, -0.15) is 10.2 Å². The molecule has 0 radical (unpaired) electrons. The molecule has 6 nitrogen and oxygen atoms in total. The number of hydrogen-bond donors (Lipinski definition) is 0. The maximum Gasteiger partial charge on any atom is 0.155 e. The van der Waals surface area contributed by atoms with Gasteiger partial charge in [0.1, 0.15) is 5.82 Å². The van der Waals surface area contributed by atoms with Crippen molar-refractivity contribution in [3.8, 4) is 0 Å². The summed E-state index contributed by atoms with van der Waals surface area (Å²) in [5.74, 6) is 0.829. The normalized spacial score (nSPS) is 18.5. The van der Waals surface area contributed by atoms with Crippen molar-refractivity contribution in [3.05, 3.63) is 91.2 Å². The van der Waals surface area contributed by atoms with Gasteiger partial charge < -0.3 is 14.5 Å². The van der Waals surface area contributed by atoms with Crippen LogP contribution in [-0.2, 0) is 11.3 Å². The first kappa shape index (κ1) is 16.2. The van der Waals surface area contributed by atoms with Gasteiger partial charge in [-0.1, -0.05) is 18.2 Å². The van der Waals surface area contributed by atoms with Crippen LogP contribution in [0.3, 0.4) is 0 Å². The van der Waals surface area contributed by atoms with Gasteiger partial charge in [-0.25, -0.2) is 4.98 Å². The lowest BCUT2D eigenvalue weighted by molar-refractivity contribution is 0.0716. The molecule has 4 rings (SSSR count). The molecule has 6 heteroatoms. The Hall–Kier alpha value is -3.25. The van der Waals surface area contributed by atoms with Crippen molar-refractivity contribution in [2.75, 3.05) is 16.3 Å². The van der Waals surface area contributed by atoms with E-state index in [1.54, 1.807) is 6.20 Å². The van der Waals surface area contributed by atoms with Gasteiger partial charge in [-0.15, -0.1) is 0 Å². The van der Waals surface area contributed by atoms with E-state index in [9.17, 15) is 0 Å². The van der Waals surface area contributed by atoms with Crippen molar-refractivity contribution >= 4 is 11.5 Å². The summed E-state index contributed by atoms with van der Waals surface area (Å²) in [4.78, 5) is 8.70. The van der Waals surface area contributed by atoms with Crippen molar-refractivity contribution in [3.63, 3.8) is 0 Å². The smallest absolute Gasteiger partial charge is 0.155 e. The van der Waals surface area contributed by atoms with Gasteiger partial charge in [0, 0.05) is 43.1 Å². The van der Waals surface area contributed by atoms with Crippen molar-refractivity contribution in [2.24, 2.45) is 0 Å². The summed E-state index contributed by atoms with van der Waals surface area (Å²) in [7, 11) is 0. The van der Waals surface area contributed by atoms with Gasteiger partial charge in [0.15, 0.2) is 6.23 Å². The zero-order chi connectivity index (χ0) is 17.6. The lowest BCUT2D eigenvalue weighted by atomic mass is 10.2. The molecule has 2 aliphatic rings. The summed E-state index contributed by atoms with van der Waals surface area (Å²) in [6, 6.07) is 7.82. The van der Waals surface area contributed by atoms with Crippen LogP contribution in [0.4, 0.5) is 11.5 Å². The molecule has 0 saturated carbocycles. The first-order chi connectivity index (χ1) is 12.9. The van der Waals surface area contributed by atoms with Gasteiger partial charge in [-0.3, -0.25) is 0 Å². The number of hydrogen-bond acceptors (Lipinski definition) is 6. The van der Waals surface area contributed by atoms with E-state index in [-0.39, 0.29) is 6.23 Å². The van der Waals surface area contributed by atoms with E-state index in [1.807, 2.05) is 65.9 Å². The van der Waals surface area contributed by atoms with E-state index in [0.29, 0.717) is 6.61 Å². The Bertz CT molecular complexity index is 860. The molecule has 0 N–H and O–H groups in total. The molecule has 2 aliphatic heterocycles. The average molecular weight is 345 g/mol. The van der Waals surface area contributed by atoms with Gasteiger partial charge in [0.2, 0.25) is 0 Å². The van der Waals surface area contributed by atoms with Crippen molar-refractivity contribution < 1.29 is 4.74 Å². The standard InChI is InChI=1S/C20H19N5O/c1-3-12-24(13-4-1)18-9-11-21-19(15-18)25-14-5-2-8-20(25)26-16-17-7-6-10-22-23-17/h1-12,14-15,20H,13,16H2. The largest absolute Gasteiger partial charge is 0.348 e. The van der Waals surface area contributed by atoms with Crippen LogP contribution in [-0.4, -0.2) is 28.0 Å². The predicted octanol–water partition coefficient (Wildman–Crippen LogP) is 3.19. The van der Waals surface area contributed by atoms with E-state index in [0.717, 1.165) is 23.7 Å². The van der Waals surface area contributed by atoms with Gasteiger partial charge in [0.05, 0.1) is 12.3 Å². The van der Waals surface area contributed by atoms with Crippen LogP contribution in [0.1, 0.15) is 5.69 Å². The first-order valence-electron chi connectivity index (χ1n) is 8.48. The molecule has 130 valence electrons. The molecule has 1 unspecified atom stereocenters. The molecule has 0 amide bonds. The van der Waals surface area contributed by atoms with Crippen LogP contribution in [0.5, 0.6) is 0 Å². The predicted molar refractivity (Wildman–Crippen MR) is 101 cm³/mol. The van der Waals surface area contributed by atoms with E-state index >= 15 is 0 Å². The Morgan fingerprint density at radius 3 is 2.88 bits per heavy atom. The third-order valence-electron chi connectivity index (χ3n) is 4.08. The molecule has 2 aromatic rings. The second-order valence-corrected chi connectivity index (χ2v) is 5.84. The van der Waals surface area contributed by atoms with Crippen molar-refractivity contribution in [2.45, 2.75) is 12.8 Å². The number of ether oxygens (including phenoxy) is 1. The minimum atomic E-state index is -0.249. The summed E-state index contributed by atoms with van der Waals surface area (Å²) in [6.45, 7) is 1.23. The van der Waals surface area contributed by atoms with Crippen LogP contribution < -0.4 is 9.80 Å². The quantitative estimate of drug-likeness (QED) is 0.829. The summed E-state index contributed by atoms with van der Waals surface area (Å²) in [6.07, 6.45) is 19.4. The van der Waals surface area contributed by atoms with Crippen LogP contribution in [0.2, 0.25) is 0 Å². The molecule has 26 heavy (non-hydrogen) atoms. The topological polar surface area (TPSA) is 54.4 Å². The number of pyridine rings is 1. The average Bonchev–Trinajstić information content (AvgIpc) is 2.74. The van der Waals surface area contributed by atoms with Gasteiger partial charge in [0.25, 0.3) is 0 Å². The Labute approximate surface area is 152 Å². The summed E-state index contributed by atoms with van der Waals surface area (Å²) in [5, 5.41) is 7.95. The Morgan fingerprint density at radius 1 is 1.08 bits per heavy atom. The van der Waals surface area contributed by atoms with E-state index in [4.69, 9.17) is 4.74 Å². The molecule has 0 bridgehead atoms. The Balaban J connectivity index is 1.51. The fourth-order valence-corrected chi connectivity index (χ4v) is 2.79. The fraction of sp³-hybridized carbons (Fsp3) is 0.150. The molecular formula is C20H19N5O. The third-order valence-corrected chi connectivity index (χ3v) is 4.08. The molecule has 4 heterocycles. The maximum atomic E-state index is 6.03. The number of anilines is 2. The number of aromatic nitrogens is 3. The zero-order valence-corrected chi connectivity index (χ0v) is 14.2. The minimum absolute atomic E-state index is 0.249. The minimum Gasteiger partial charge on any atom is -0.348 e. The highest BCUT2D eigenvalue weighted by Gasteiger charge is 2.19.